The molecule has 0 aliphatic carbocycles. The Morgan fingerprint density at radius 1 is 1.38 bits per heavy atom. The molecule has 21 heavy (non-hydrogen) atoms. The largest absolute Gasteiger partial charge is 0.426 e. The molecule has 0 amide bonds. The molecular weight excluding hydrogens is 332 g/mol. The van der Waals surface area contributed by atoms with E-state index in [-0.39, 0.29) is 5.97 Å². The number of carbonyl (C=O) groups is 1. The zero-order valence-electron chi connectivity index (χ0n) is 12.7. The fourth-order valence-electron chi connectivity index (χ4n) is 2.28. The van der Waals surface area contributed by atoms with Gasteiger partial charge in [-0.25, -0.2) is 0 Å². The normalized spacial score (nSPS) is 11.3. The first kappa shape index (κ1) is 16.0. The number of aromatic nitrogens is 1. The maximum absolute atomic E-state index is 11.8. The number of H-pyrrole nitrogens is 1. The minimum absolute atomic E-state index is 0.180. The topological polar surface area (TPSA) is 45.3 Å². The Hall–Kier alpha value is -1.33. The number of halogens is 1. The molecule has 0 fully saturated rings. The molecule has 1 heterocycles. The van der Waals surface area contributed by atoms with E-state index >= 15 is 0 Å². The summed E-state index contributed by atoms with van der Waals surface area (Å²) in [6.07, 6.45) is 2.12. The van der Waals surface area contributed by atoms with Gasteiger partial charge in [-0.1, -0.05) is 13.0 Å². The summed E-state index contributed by atoms with van der Waals surface area (Å²) in [5.74, 6) is 0.461. The maximum atomic E-state index is 11.8. The van der Waals surface area contributed by atoms with Gasteiger partial charge in [0.2, 0.25) is 0 Å². The molecule has 0 saturated heterocycles. The van der Waals surface area contributed by atoms with Crippen molar-refractivity contribution in [3.63, 3.8) is 0 Å². The summed E-state index contributed by atoms with van der Waals surface area (Å²) in [5, 5.41) is 0.996. The monoisotopic (exact) mass is 352 g/mol. The van der Waals surface area contributed by atoms with Crippen LogP contribution in [0.3, 0.4) is 0 Å². The number of aromatic amines is 1. The zero-order chi connectivity index (χ0) is 15.4. The molecule has 0 spiro atoms. The second kappa shape index (κ2) is 7.09. The van der Waals surface area contributed by atoms with E-state index in [4.69, 9.17) is 4.74 Å². The lowest BCUT2D eigenvalue weighted by Crippen LogP contribution is -2.15. The van der Waals surface area contributed by atoms with Gasteiger partial charge in [-0.3, -0.25) is 4.79 Å². The summed E-state index contributed by atoms with van der Waals surface area (Å²) in [6.45, 7) is 2.90. The SMILES string of the molecule is CCCC(=O)Oc1cccc2[nH]c(Br)c(CCN(C)C)c12. The molecule has 1 N–H and O–H groups in total. The van der Waals surface area contributed by atoms with Crippen molar-refractivity contribution in [2.45, 2.75) is 26.2 Å². The number of nitrogens with zero attached hydrogens (tertiary/aromatic N) is 1. The fraction of sp³-hybridized carbons (Fsp3) is 0.438. The second-order valence-corrected chi connectivity index (χ2v) is 6.17. The number of rotatable bonds is 6. The van der Waals surface area contributed by atoms with Crippen LogP contribution in [-0.4, -0.2) is 36.5 Å². The van der Waals surface area contributed by atoms with Gasteiger partial charge < -0.3 is 14.6 Å². The predicted molar refractivity (Wildman–Crippen MR) is 88.8 cm³/mol. The highest BCUT2D eigenvalue weighted by molar-refractivity contribution is 9.10. The lowest BCUT2D eigenvalue weighted by atomic mass is 10.1. The molecule has 1 aromatic heterocycles. The van der Waals surface area contributed by atoms with Crippen LogP contribution in [0, 0.1) is 0 Å². The average Bonchev–Trinajstić information content (AvgIpc) is 2.73. The van der Waals surface area contributed by atoms with Crippen molar-refractivity contribution in [2.75, 3.05) is 20.6 Å². The van der Waals surface area contributed by atoms with Crippen molar-refractivity contribution in [2.24, 2.45) is 0 Å². The van der Waals surface area contributed by atoms with Crippen molar-refractivity contribution < 1.29 is 9.53 Å². The zero-order valence-corrected chi connectivity index (χ0v) is 14.3. The van der Waals surface area contributed by atoms with Gasteiger partial charge in [0.05, 0.1) is 10.1 Å². The van der Waals surface area contributed by atoms with E-state index in [2.05, 4.69) is 25.8 Å². The van der Waals surface area contributed by atoms with Crippen LogP contribution in [0.15, 0.2) is 22.8 Å². The van der Waals surface area contributed by atoms with E-state index in [1.54, 1.807) is 0 Å². The maximum Gasteiger partial charge on any atom is 0.311 e. The number of hydrogen-bond acceptors (Lipinski definition) is 3. The van der Waals surface area contributed by atoms with Crippen LogP contribution in [0.2, 0.25) is 0 Å². The molecular formula is C16H21BrN2O2. The molecule has 5 heteroatoms. The van der Waals surface area contributed by atoms with Crippen molar-refractivity contribution in [3.05, 3.63) is 28.4 Å². The first-order chi connectivity index (χ1) is 10.0. The van der Waals surface area contributed by atoms with Gasteiger partial charge >= 0.3 is 5.97 Å². The minimum atomic E-state index is -0.180. The minimum Gasteiger partial charge on any atom is -0.426 e. The Labute approximate surface area is 133 Å². The third-order valence-corrected chi connectivity index (χ3v) is 4.00. The Bertz CT molecular complexity index is 634. The second-order valence-electron chi connectivity index (χ2n) is 5.37. The number of nitrogens with one attached hydrogen (secondary N) is 1. The first-order valence-electron chi connectivity index (χ1n) is 7.17. The Morgan fingerprint density at radius 3 is 2.81 bits per heavy atom. The van der Waals surface area contributed by atoms with Crippen LogP contribution in [0.1, 0.15) is 25.3 Å². The smallest absolute Gasteiger partial charge is 0.311 e. The molecule has 0 aliphatic heterocycles. The molecule has 0 radical (unpaired) electrons. The molecule has 2 aromatic rings. The number of hydrogen-bond donors (Lipinski definition) is 1. The molecule has 1 aromatic carbocycles. The predicted octanol–water partition coefficient (Wildman–Crippen LogP) is 3.74. The van der Waals surface area contributed by atoms with Crippen molar-refractivity contribution >= 4 is 32.8 Å². The van der Waals surface area contributed by atoms with E-state index < -0.39 is 0 Å². The molecule has 0 atom stereocenters. The van der Waals surface area contributed by atoms with Gasteiger partial charge in [0.1, 0.15) is 5.75 Å². The number of benzene rings is 1. The van der Waals surface area contributed by atoms with Crippen LogP contribution in [-0.2, 0) is 11.2 Å². The Morgan fingerprint density at radius 2 is 2.14 bits per heavy atom. The van der Waals surface area contributed by atoms with E-state index in [0.29, 0.717) is 12.2 Å². The van der Waals surface area contributed by atoms with E-state index in [1.807, 2.05) is 39.2 Å². The van der Waals surface area contributed by atoms with E-state index in [0.717, 1.165) is 40.5 Å². The van der Waals surface area contributed by atoms with E-state index in [9.17, 15) is 4.79 Å². The molecule has 2 rings (SSSR count). The highest BCUT2D eigenvalue weighted by Crippen LogP contribution is 2.34. The lowest BCUT2D eigenvalue weighted by Gasteiger charge is -2.10. The van der Waals surface area contributed by atoms with Crippen LogP contribution in [0.25, 0.3) is 10.9 Å². The van der Waals surface area contributed by atoms with Crippen molar-refractivity contribution in [3.8, 4) is 5.75 Å². The quantitative estimate of drug-likeness (QED) is 0.636. The van der Waals surface area contributed by atoms with Crippen LogP contribution < -0.4 is 4.74 Å². The third kappa shape index (κ3) is 3.86. The molecule has 0 aliphatic rings. The standard InChI is InChI=1S/C16H21BrN2O2/c1-4-6-14(20)21-13-8-5-7-12-15(13)11(16(17)18-12)9-10-19(2)3/h5,7-8,18H,4,6,9-10H2,1-3H3. The van der Waals surface area contributed by atoms with Crippen LogP contribution in [0.5, 0.6) is 5.75 Å². The molecule has 0 bridgehead atoms. The van der Waals surface area contributed by atoms with Gasteiger partial charge in [-0.05, 0) is 60.6 Å². The van der Waals surface area contributed by atoms with E-state index in [1.165, 1.54) is 0 Å². The summed E-state index contributed by atoms with van der Waals surface area (Å²) in [6, 6.07) is 5.75. The number of likely N-dealkylation sites (N-methyl/N-ethyl adjacent to an activating group) is 1. The van der Waals surface area contributed by atoms with Crippen LogP contribution in [0.4, 0.5) is 0 Å². The molecule has 0 saturated carbocycles. The third-order valence-electron chi connectivity index (χ3n) is 3.32. The number of fused-ring (bicyclic) bond motifs is 1. The number of carbonyl (C=O) groups excluding carboxylic acids is 1. The summed E-state index contributed by atoms with van der Waals surface area (Å²) in [7, 11) is 4.09. The summed E-state index contributed by atoms with van der Waals surface area (Å²) in [4.78, 5) is 17.2. The van der Waals surface area contributed by atoms with Crippen LogP contribution >= 0.6 is 15.9 Å². The summed E-state index contributed by atoms with van der Waals surface area (Å²) >= 11 is 3.58. The van der Waals surface area contributed by atoms with Gasteiger partial charge in [0, 0.05) is 18.4 Å². The first-order valence-corrected chi connectivity index (χ1v) is 7.96. The highest BCUT2D eigenvalue weighted by Gasteiger charge is 2.16. The highest BCUT2D eigenvalue weighted by atomic mass is 79.9. The Balaban J connectivity index is 2.38. The van der Waals surface area contributed by atoms with Gasteiger partial charge in [-0.15, -0.1) is 0 Å². The Kier molecular flexibility index (Phi) is 5.42. The summed E-state index contributed by atoms with van der Waals surface area (Å²) in [5.41, 5.74) is 2.14. The van der Waals surface area contributed by atoms with Gasteiger partial charge in [-0.2, -0.15) is 0 Å². The molecule has 114 valence electrons. The summed E-state index contributed by atoms with van der Waals surface area (Å²) < 4.78 is 6.49. The average molecular weight is 353 g/mol. The number of ether oxygens (including phenoxy) is 1. The molecule has 4 nitrogen and oxygen atoms in total. The van der Waals surface area contributed by atoms with Gasteiger partial charge in [0.25, 0.3) is 0 Å². The fourth-order valence-corrected chi connectivity index (χ4v) is 2.89. The van der Waals surface area contributed by atoms with Crippen molar-refractivity contribution in [1.29, 1.82) is 0 Å². The van der Waals surface area contributed by atoms with Gasteiger partial charge in [0.15, 0.2) is 0 Å². The lowest BCUT2D eigenvalue weighted by molar-refractivity contribution is -0.134. The number of esters is 1. The van der Waals surface area contributed by atoms with Crippen molar-refractivity contribution in [1.82, 2.24) is 9.88 Å². The molecule has 0 unspecified atom stereocenters.